The molecule has 0 bridgehead atoms. The number of anilines is 1. The van der Waals surface area contributed by atoms with Crippen LogP contribution in [0.3, 0.4) is 0 Å². The Kier molecular flexibility index (Phi) is 3.40. The van der Waals surface area contributed by atoms with E-state index in [1.807, 2.05) is 13.0 Å². The number of benzene rings is 1. The number of rotatable bonds is 5. The molecule has 0 aliphatic heterocycles. The van der Waals surface area contributed by atoms with E-state index in [1.165, 1.54) is 18.2 Å². The molecule has 0 heterocycles. The Hall–Kier alpha value is -2.13. The van der Waals surface area contributed by atoms with Gasteiger partial charge in [-0.15, -0.1) is 0 Å². The zero-order chi connectivity index (χ0) is 14.0. The highest BCUT2D eigenvalue weighted by Crippen LogP contribution is 2.42. The molecule has 100 valence electrons. The van der Waals surface area contributed by atoms with Gasteiger partial charge in [-0.1, -0.05) is 0 Å². The second-order valence-corrected chi connectivity index (χ2v) is 5.12. The lowest BCUT2D eigenvalue weighted by molar-refractivity contribution is -0.384. The molecule has 6 heteroatoms. The van der Waals surface area contributed by atoms with Crippen molar-refractivity contribution in [1.82, 2.24) is 0 Å². The number of nitrogens with zero attached hydrogens (tertiary/aromatic N) is 2. The van der Waals surface area contributed by atoms with E-state index in [0.717, 1.165) is 12.8 Å². The fraction of sp³-hybridized carbons (Fsp3) is 0.462. The molecule has 1 aliphatic carbocycles. The highest BCUT2D eigenvalue weighted by molar-refractivity contribution is 5.65. The third-order valence-electron chi connectivity index (χ3n) is 3.65. The van der Waals surface area contributed by atoms with Gasteiger partial charge in [0.25, 0.3) is 5.69 Å². The molecule has 1 fully saturated rings. The molecule has 1 aromatic carbocycles. The van der Waals surface area contributed by atoms with Crippen molar-refractivity contribution in [2.75, 3.05) is 11.9 Å². The SMILES string of the molecule is CC(CN)(Nc1cc(C#N)ccc1[N+](=O)[O-])C1CC1. The zero-order valence-electron chi connectivity index (χ0n) is 10.7. The smallest absolute Gasteiger partial charge is 0.292 e. The molecular weight excluding hydrogens is 244 g/mol. The third kappa shape index (κ3) is 2.66. The molecule has 0 aromatic heterocycles. The normalized spacial score (nSPS) is 17.3. The van der Waals surface area contributed by atoms with Gasteiger partial charge < -0.3 is 11.1 Å². The summed E-state index contributed by atoms with van der Waals surface area (Å²) in [5.74, 6) is 0.433. The molecule has 1 aliphatic rings. The van der Waals surface area contributed by atoms with Crippen LogP contribution in [0.2, 0.25) is 0 Å². The molecule has 0 spiro atoms. The summed E-state index contributed by atoms with van der Waals surface area (Å²) in [5, 5.41) is 23.1. The van der Waals surface area contributed by atoms with E-state index in [-0.39, 0.29) is 11.2 Å². The number of hydrogen-bond donors (Lipinski definition) is 2. The monoisotopic (exact) mass is 260 g/mol. The molecule has 19 heavy (non-hydrogen) atoms. The molecule has 0 radical (unpaired) electrons. The van der Waals surface area contributed by atoms with E-state index in [0.29, 0.717) is 23.7 Å². The quantitative estimate of drug-likeness (QED) is 0.622. The predicted octanol–water partition coefficient (Wildman–Crippen LogP) is 2.01. The minimum Gasteiger partial charge on any atom is -0.373 e. The predicted molar refractivity (Wildman–Crippen MR) is 71.6 cm³/mol. The van der Waals surface area contributed by atoms with Gasteiger partial charge in [0.1, 0.15) is 5.69 Å². The maximum absolute atomic E-state index is 11.0. The Morgan fingerprint density at radius 1 is 1.63 bits per heavy atom. The summed E-state index contributed by atoms with van der Waals surface area (Å²) in [6.07, 6.45) is 2.15. The fourth-order valence-electron chi connectivity index (χ4n) is 2.21. The molecule has 0 saturated heterocycles. The summed E-state index contributed by atoms with van der Waals surface area (Å²) < 4.78 is 0. The minimum atomic E-state index is -0.451. The summed E-state index contributed by atoms with van der Waals surface area (Å²) in [5.41, 5.74) is 6.16. The van der Waals surface area contributed by atoms with E-state index in [2.05, 4.69) is 5.32 Å². The Balaban J connectivity index is 2.37. The average Bonchev–Trinajstić information content (AvgIpc) is 3.22. The maximum atomic E-state index is 11.0. The number of hydrogen-bond acceptors (Lipinski definition) is 5. The first-order valence-corrected chi connectivity index (χ1v) is 6.17. The fourth-order valence-corrected chi connectivity index (χ4v) is 2.21. The maximum Gasteiger partial charge on any atom is 0.292 e. The lowest BCUT2D eigenvalue weighted by atomic mass is 9.95. The van der Waals surface area contributed by atoms with Crippen LogP contribution >= 0.6 is 0 Å². The first-order valence-electron chi connectivity index (χ1n) is 6.17. The van der Waals surface area contributed by atoms with Crippen molar-refractivity contribution in [2.45, 2.75) is 25.3 Å². The summed E-state index contributed by atoms with van der Waals surface area (Å²) in [6.45, 7) is 2.36. The molecule has 1 unspecified atom stereocenters. The van der Waals surface area contributed by atoms with Crippen molar-refractivity contribution in [1.29, 1.82) is 5.26 Å². The van der Waals surface area contributed by atoms with E-state index < -0.39 is 4.92 Å². The Morgan fingerprint density at radius 3 is 2.79 bits per heavy atom. The molecule has 3 N–H and O–H groups in total. The van der Waals surface area contributed by atoms with Crippen LogP contribution in [-0.4, -0.2) is 17.0 Å². The van der Waals surface area contributed by atoms with Crippen molar-refractivity contribution in [3.8, 4) is 6.07 Å². The lowest BCUT2D eigenvalue weighted by Crippen LogP contribution is -2.44. The van der Waals surface area contributed by atoms with Crippen LogP contribution in [0, 0.1) is 27.4 Å². The molecule has 0 amide bonds. The molecule has 6 nitrogen and oxygen atoms in total. The minimum absolute atomic E-state index is 0.0284. The molecule has 1 aromatic rings. The first kappa shape index (κ1) is 13.3. The second kappa shape index (κ2) is 4.86. The van der Waals surface area contributed by atoms with E-state index >= 15 is 0 Å². The van der Waals surface area contributed by atoms with Gasteiger partial charge in [0.2, 0.25) is 0 Å². The van der Waals surface area contributed by atoms with Crippen molar-refractivity contribution < 1.29 is 4.92 Å². The van der Waals surface area contributed by atoms with Crippen molar-refractivity contribution >= 4 is 11.4 Å². The van der Waals surface area contributed by atoms with Gasteiger partial charge in [0.05, 0.1) is 16.6 Å². The van der Waals surface area contributed by atoms with Crippen LogP contribution in [0.15, 0.2) is 18.2 Å². The van der Waals surface area contributed by atoms with Gasteiger partial charge in [-0.25, -0.2) is 0 Å². The average molecular weight is 260 g/mol. The summed E-state index contributed by atoms with van der Waals surface area (Å²) in [7, 11) is 0. The third-order valence-corrected chi connectivity index (χ3v) is 3.65. The summed E-state index contributed by atoms with van der Waals surface area (Å²) in [6, 6.07) is 6.29. The number of nitro benzene ring substituents is 1. The standard InChI is InChI=1S/C13H16N4O2/c1-13(8-15,10-3-4-10)16-11-6-9(7-14)2-5-12(11)17(18)19/h2,5-6,10,16H,3-4,8,15H2,1H3. The molecule has 2 rings (SSSR count). The lowest BCUT2D eigenvalue weighted by Gasteiger charge is -2.30. The van der Waals surface area contributed by atoms with Gasteiger partial charge in [0.15, 0.2) is 0 Å². The highest BCUT2D eigenvalue weighted by atomic mass is 16.6. The highest BCUT2D eigenvalue weighted by Gasteiger charge is 2.41. The Bertz CT molecular complexity index is 548. The van der Waals surface area contributed by atoms with Crippen LogP contribution in [0.1, 0.15) is 25.3 Å². The molecular formula is C13H16N4O2. The van der Waals surface area contributed by atoms with Crippen LogP contribution in [0.25, 0.3) is 0 Å². The Labute approximate surface area is 111 Å². The largest absolute Gasteiger partial charge is 0.373 e. The van der Waals surface area contributed by atoms with Gasteiger partial charge in [-0.3, -0.25) is 10.1 Å². The summed E-state index contributed by atoms with van der Waals surface area (Å²) >= 11 is 0. The van der Waals surface area contributed by atoms with Gasteiger partial charge >= 0.3 is 0 Å². The van der Waals surface area contributed by atoms with E-state index in [4.69, 9.17) is 11.0 Å². The number of nitrogens with two attached hydrogens (primary N) is 1. The number of nitrogens with one attached hydrogen (secondary N) is 1. The molecule has 1 saturated carbocycles. The Morgan fingerprint density at radius 2 is 2.32 bits per heavy atom. The van der Waals surface area contributed by atoms with Crippen LogP contribution in [0.4, 0.5) is 11.4 Å². The van der Waals surface area contributed by atoms with Gasteiger partial charge in [-0.2, -0.15) is 5.26 Å². The van der Waals surface area contributed by atoms with Crippen molar-refractivity contribution in [3.63, 3.8) is 0 Å². The van der Waals surface area contributed by atoms with Crippen molar-refractivity contribution in [3.05, 3.63) is 33.9 Å². The van der Waals surface area contributed by atoms with Crippen LogP contribution in [0.5, 0.6) is 0 Å². The van der Waals surface area contributed by atoms with Crippen LogP contribution < -0.4 is 11.1 Å². The van der Waals surface area contributed by atoms with Crippen molar-refractivity contribution in [2.24, 2.45) is 11.7 Å². The second-order valence-electron chi connectivity index (χ2n) is 5.12. The van der Waals surface area contributed by atoms with E-state index in [1.54, 1.807) is 0 Å². The first-order chi connectivity index (χ1) is 9.00. The van der Waals surface area contributed by atoms with Gasteiger partial charge in [0, 0.05) is 18.2 Å². The zero-order valence-corrected chi connectivity index (χ0v) is 10.7. The summed E-state index contributed by atoms with van der Waals surface area (Å²) in [4.78, 5) is 10.6. The van der Waals surface area contributed by atoms with Crippen LogP contribution in [-0.2, 0) is 0 Å². The molecule has 1 atom stereocenters. The number of nitro groups is 1. The van der Waals surface area contributed by atoms with Gasteiger partial charge in [-0.05, 0) is 37.8 Å². The van der Waals surface area contributed by atoms with E-state index in [9.17, 15) is 10.1 Å². The topological polar surface area (TPSA) is 105 Å². The number of nitriles is 1.